The van der Waals surface area contributed by atoms with Gasteiger partial charge in [-0.05, 0) is 48.5 Å². The zero-order valence-corrected chi connectivity index (χ0v) is 21.9. The van der Waals surface area contributed by atoms with Crippen molar-refractivity contribution in [2.45, 2.75) is 32.1 Å². The molecule has 4 atom stereocenters. The van der Waals surface area contributed by atoms with Crippen molar-refractivity contribution < 1.29 is 8.78 Å². The summed E-state index contributed by atoms with van der Waals surface area (Å²) >= 11 is 0. The van der Waals surface area contributed by atoms with E-state index in [9.17, 15) is 10.5 Å². The molecule has 0 spiro atoms. The van der Waals surface area contributed by atoms with Crippen molar-refractivity contribution in [1.29, 1.82) is 10.5 Å². The molecule has 196 valence electrons. The van der Waals surface area contributed by atoms with E-state index in [1.165, 1.54) is 0 Å². The molecule has 0 bridgehead atoms. The van der Waals surface area contributed by atoms with Gasteiger partial charge in [-0.1, -0.05) is 13.8 Å². The Balaban J connectivity index is 1.35. The molecule has 8 heteroatoms. The number of hydrogen-bond acceptors (Lipinski definition) is 6. The van der Waals surface area contributed by atoms with Crippen molar-refractivity contribution >= 4 is 22.7 Å². The van der Waals surface area contributed by atoms with Gasteiger partial charge in [-0.3, -0.25) is 0 Å². The van der Waals surface area contributed by atoms with Crippen LogP contribution >= 0.6 is 0 Å². The second-order valence-corrected chi connectivity index (χ2v) is 11.1. The van der Waals surface area contributed by atoms with E-state index in [0.29, 0.717) is 35.6 Å². The lowest BCUT2D eigenvalue weighted by Crippen LogP contribution is -2.57. The number of anilines is 4. The molecule has 6 nitrogen and oxygen atoms in total. The maximum absolute atomic E-state index is 15.7. The lowest BCUT2D eigenvalue weighted by atomic mass is 9.69. The first-order valence-corrected chi connectivity index (χ1v) is 13.5. The standard InChI is InChI=1S/C31H28F2N6/c1-18-26-19(2)31-37(23-9-5-21(17-35)6-10-23)12-14-39(31)29-25(33)15-24(32)28(27(26)29)38-13-11-36(30(18)38)22-7-3-20(16-34)4-8-22/h3-10,15,18-19,26,30-31H,11-14H2,1-2H3. The Morgan fingerprint density at radius 2 is 1.03 bits per heavy atom. The van der Waals surface area contributed by atoms with E-state index >= 15 is 8.78 Å². The zero-order chi connectivity index (χ0) is 27.0. The molecule has 0 N–H and O–H groups in total. The van der Waals surface area contributed by atoms with Crippen LogP contribution in [-0.4, -0.2) is 38.5 Å². The van der Waals surface area contributed by atoms with Gasteiger partial charge in [0.05, 0.1) is 34.6 Å². The third kappa shape index (κ3) is 3.27. The number of fused-ring (bicyclic) bond motifs is 4. The first kappa shape index (κ1) is 23.8. The molecule has 0 radical (unpaired) electrons. The molecule has 2 saturated heterocycles. The van der Waals surface area contributed by atoms with E-state index < -0.39 is 11.6 Å². The number of halogens is 2. The monoisotopic (exact) mass is 522 g/mol. The van der Waals surface area contributed by atoms with Crippen LogP contribution in [0.1, 0.15) is 36.5 Å². The fourth-order valence-electron chi connectivity index (χ4n) is 7.83. The third-order valence-electron chi connectivity index (χ3n) is 9.29. The highest BCUT2D eigenvalue weighted by molar-refractivity contribution is 5.77. The molecule has 7 rings (SSSR count). The molecule has 0 aliphatic carbocycles. The summed E-state index contributed by atoms with van der Waals surface area (Å²) in [5.41, 5.74) is 5.11. The van der Waals surface area contributed by atoms with Gasteiger partial charge in [0.15, 0.2) is 0 Å². The van der Waals surface area contributed by atoms with Crippen LogP contribution in [0.5, 0.6) is 0 Å². The molecule has 4 unspecified atom stereocenters. The van der Waals surface area contributed by atoms with E-state index in [0.717, 1.165) is 36.1 Å². The maximum atomic E-state index is 15.7. The predicted molar refractivity (Wildman–Crippen MR) is 147 cm³/mol. The molecule has 4 aliphatic heterocycles. The fraction of sp³-hybridized carbons (Fsp3) is 0.355. The Kier molecular flexibility index (Phi) is 5.25. The minimum absolute atomic E-state index is 0.0549. The Bertz CT molecular complexity index is 1430. The fourth-order valence-corrected chi connectivity index (χ4v) is 7.83. The maximum Gasteiger partial charge on any atom is 0.149 e. The van der Waals surface area contributed by atoms with Crippen LogP contribution in [0.3, 0.4) is 0 Å². The largest absolute Gasteiger partial charge is 0.349 e. The summed E-state index contributed by atoms with van der Waals surface area (Å²) in [6, 6.07) is 20.6. The van der Waals surface area contributed by atoms with Gasteiger partial charge in [0.1, 0.15) is 24.0 Å². The second-order valence-electron chi connectivity index (χ2n) is 11.1. The van der Waals surface area contributed by atoms with Crippen LogP contribution < -0.4 is 19.6 Å². The number of benzene rings is 3. The van der Waals surface area contributed by atoms with Gasteiger partial charge in [0.25, 0.3) is 0 Å². The predicted octanol–water partition coefficient (Wildman–Crippen LogP) is 5.40. The van der Waals surface area contributed by atoms with E-state index in [-0.39, 0.29) is 30.1 Å². The molecule has 0 aromatic heterocycles. The average Bonchev–Trinajstić information content (AvgIpc) is 3.59. The normalized spacial score (nSPS) is 26.6. The lowest BCUT2D eigenvalue weighted by Gasteiger charge is -2.54. The van der Waals surface area contributed by atoms with Gasteiger partial charge in [0, 0.05) is 66.9 Å². The Hall–Kier alpha value is -4.30. The molecular formula is C31H28F2N6. The highest BCUT2D eigenvalue weighted by Crippen LogP contribution is 2.58. The van der Waals surface area contributed by atoms with Gasteiger partial charge < -0.3 is 19.6 Å². The van der Waals surface area contributed by atoms with Crippen LogP contribution in [0.25, 0.3) is 0 Å². The Morgan fingerprint density at radius 3 is 1.41 bits per heavy atom. The van der Waals surface area contributed by atoms with Crippen molar-refractivity contribution in [2.24, 2.45) is 11.8 Å². The van der Waals surface area contributed by atoms with Gasteiger partial charge in [-0.2, -0.15) is 10.5 Å². The van der Waals surface area contributed by atoms with E-state index in [4.69, 9.17) is 0 Å². The van der Waals surface area contributed by atoms with Gasteiger partial charge in [-0.25, -0.2) is 8.78 Å². The molecule has 0 saturated carbocycles. The van der Waals surface area contributed by atoms with E-state index in [2.05, 4.69) is 45.6 Å². The van der Waals surface area contributed by atoms with Crippen LogP contribution in [0.15, 0.2) is 54.6 Å². The number of nitrogens with zero attached hydrogens (tertiary/aromatic N) is 6. The first-order valence-electron chi connectivity index (χ1n) is 13.5. The molecule has 0 amide bonds. The minimum atomic E-state index is -0.497. The summed E-state index contributed by atoms with van der Waals surface area (Å²) in [6.07, 6.45) is -0.163. The van der Waals surface area contributed by atoms with E-state index in [1.807, 2.05) is 48.5 Å². The van der Waals surface area contributed by atoms with Crippen LogP contribution in [0, 0.1) is 46.1 Å². The first-order chi connectivity index (χ1) is 18.9. The zero-order valence-electron chi connectivity index (χ0n) is 21.9. The van der Waals surface area contributed by atoms with Crippen molar-refractivity contribution in [3.05, 3.63) is 82.9 Å². The topological polar surface area (TPSA) is 60.5 Å². The molecular weight excluding hydrogens is 494 g/mol. The summed E-state index contributed by atoms with van der Waals surface area (Å²) in [7, 11) is 0. The molecule has 4 aliphatic rings. The number of rotatable bonds is 2. The van der Waals surface area contributed by atoms with Crippen molar-refractivity contribution in [2.75, 3.05) is 45.8 Å². The van der Waals surface area contributed by atoms with Crippen molar-refractivity contribution in [3.8, 4) is 12.1 Å². The summed E-state index contributed by atoms with van der Waals surface area (Å²) in [5, 5.41) is 18.5. The number of hydrogen-bond donors (Lipinski definition) is 0. The van der Waals surface area contributed by atoms with Gasteiger partial charge in [-0.15, -0.1) is 0 Å². The van der Waals surface area contributed by atoms with Crippen LogP contribution in [0.2, 0.25) is 0 Å². The van der Waals surface area contributed by atoms with Crippen molar-refractivity contribution in [3.63, 3.8) is 0 Å². The van der Waals surface area contributed by atoms with Crippen LogP contribution in [0.4, 0.5) is 31.5 Å². The Labute approximate surface area is 226 Å². The summed E-state index contributed by atoms with van der Waals surface area (Å²) in [6.45, 7) is 7.16. The van der Waals surface area contributed by atoms with E-state index in [1.54, 1.807) is 0 Å². The summed E-state index contributed by atoms with van der Waals surface area (Å²) in [5.74, 6) is -0.861. The molecule has 2 fully saturated rings. The molecule has 39 heavy (non-hydrogen) atoms. The highest BCUT2D eigenvalue weighted by Gasteiger charge is 2.56. The SMILES string of the molecule is CC1C2c3c(c(F)cc(F)c3N3CCN(c4ccc(C#N)cc4)C3C2C)N2CCN(c3ccc(C#N)cc3)C12. The quantitative estimate of drug-likeness (QED) is 0.450. The second kappa shape index (κ2) is 8.61. The molecule has 4 heterocycles. The van der Waals surface area contributed by atoms with Gasteiger partial charge >= 0.3 is 0 Å². The lowest BCUT2D eigenvalue weighted by molar-refractivity contribution is 0.244. The Morgan fingerprint density at radius 1 is 0.641 bits per heavy atom. The third-order valence-corrected chi connectivity index (χ3v) is 9.29. The molecule has 3 aromatic carbocycles. The van der Waals surface area contributed by atoms with Crippen molar-refractivity contribution in [1.82, 2.24) is 0 Å². The summed E-state index contributed by atoms with van der Waals surface area (Å²) in [4.78, 5) is 8.88. The smallest absolute Gasteiger partial charge is 0.149 e. The van der Waals surface area contributed by atoms with Crippen LogP contribution in [-0.2, 0) is 0 Å². The number of nitriles is 2. The molecule has 3 aromatic rings. The van der Waals surface area contributed by atoms with Gasteiger partial charge in [0.2, 0.25) is 0 Å². The average molecular weight is 523 g/mol. The minimum Gasteiger partial charge on any atom is -0.349 e. The highest BCUT2D eigenvalue weighted by atomic mass is 19.1. The summed E-state index contributed by atoms with van der Waals surface area (Å²) < 4.78 is 31.5.